The zero-order chi connectivity index (χ0) is 18.4. The molecule has 3 nitrogen and oxygen atoms in total. The van der Waals surface area contributed by atoms with Gasteiger partial charge >= 0.3 is 0 Å². The number of quaternary nitrogens is 1. The highest BCUT2D eigenvalue weighted by molar-refractivity contribution is 5.37. The lowest BCUT2D eigenvalue weighted by molar-refractivity contribution is -0.937. The Balaban J connectivity index is 1.53. The van der Waals surface area contributed by atoms with Crippen LogP contribution in [0.2, 0.25) is 0 Å². The van der Waals surface area contributed by atoms with Crippen LogP contribution in [0.25, 0.3) is 0 Å². The normalized spacial score (nSPS) is 20.3. The number of nitrogens with zero attached hydrogens (tertiary/aromatic N) is 1. The second kappa shape index (κ2) is 9.18. The van der Waals surface area contributed by atoms with E-state index in [9.17, 15) is 0 Å². The molecule has 0 aliphatic carbocycles. The van der Waals surface area contributed by atoms with E-state index in [4.69, 9.17) is 4.74 Å². The minimum atomic E-state index is 0.538. The minimum Gasteiger partial charge on any atom is -0.493 e. The lowest BCUT2D eigenvalue weighted by atomic mass is 9.96. The van der Waals surface area contributed by atoms with E-state index in [1.165, 1.54) is 49.0 Å². The van der Waals surface area contributed by atoms with Gasteiger partial charge in [-0.05, 0) is 48.9 Å². The zero-order valence-electron chi connectivity index (χ0n) is 16.5. The molecule has 3 heteroatoms. The van der Waals surface area contributed by atoms with Crippen LogP contribution in [0.4, 0.5) is 0 Å². The van der Waals surface area contributed by atoms with Crippen molar-refractivity contribution >= 4 is 0 Å². The number of hydrogen-bond donors (Lipinski definition) is 1. The molecule has 3 rings (SSSR count). The van der Waals surface area contributed by atoms with E-state index >= 15 is 0 Å². The van der Waals surface area contributed by atoms with Gasteiger partial charge in [0, 0.05) is 30.8 Å². The first-order chi connectivity index (χ1) is 12.6. The number of likely N-dealkylation sites (tertiary alicyclic amines) is 1. The van der Waals surface area contributed by atoms with Gasteiger partial charge in [-0.3, -0.25) is 4.98 Å². The zero-order valence-corrected chi connectivity index (χ0v) is 16.5. The molecule has 1 fully saturated rings. The van der Waals surface area contributed by atoms with Crippen LogP contribution in [0.15, 0.2) is 42.7 Å². The largest absolute Gasteiger partial charge is 0.493 e. The van der Waals surface area contributed by atoms with Crippen molar-refractivity contribution in [3.05, 3.63) is 59.4 Å². The number of hydrogen-bond acceptors (Lipinski definition) is 2. The maximum absolute atomic E-state index is 6.13. The quantitative estimate of drug-likeness (QED) is 0.759. The van der Waals surface area contributed by atoms with Gasteiger partial charge < -0.3 is 9.64 Å². The fourth-order valence-electron chi connectivity index (χ4n) is 3.98. The van der Waals surface area contributed by atoms with Gasteiger partial charge in [0.1, 0.15) is 11.8 Å². The fraction of sp³-hybridized carbons (Fsp3) is 0.522. The standard InChI is InChI=1S/C23H32N2O/c1-18(2)20-11-10-19(3)23(16-20)26-15-7-14-25-13-5-4-9-22(25)21-8-6-12-24-17-21/h6,8,10-12,16-18,22H,4-5,7,9,13-15H2,1-3H3/p+1/t22-/m0/s1. The Morgan fingerprint density at radius 2 is 2.12 bits per heavy atom. The van der Waals surface area contributed by atoms with E-state index in [1.54, 1.807) is 4.90 Å². The molecule has 140 valence electrons. The van der Waals surface area contributed by atoms with Gasteiger partial charge in [0.25, 0.3) is 0 Å². The molecule has 1 saturated heterocycles. The van der Waals surface area contributed by atoms with E-state index in [-0.39, 0.29) is 0 Å². The molecule has 1 aromatic heterocycles. The summed E-state index contributed by atoms with van der Waals surface area (Å²) in [5.41, 5.74) is 3.97. The monoisotopic (exact) mass is 353 g/mol. The summed E-state index contributed by atoms with van der Waals surface area (Å²) < 4.78 is 6.13. The molecule has 0 amide bonds. The molecule has 0 radical (unpaired) electrons. The maximum atomic E-state index is 6.13. The molecular weight excluding hydrogens is 320 g/mol. The highest BCUT2D eigenvalue weighted by Gasteiger charge is 2.27. The number of benzene rings is 1. The number of nitrogens with one attached hydrogen (secondary N) is 1. The first-order valence-corrected chi connectivity index (χ1v) is 10.1. The molecule has 2 aromatic rings. The van der Waals surface area contributed by atoms with E-state index in [0.717, 1.165) is 18.8 Å². The average molecular weight is 354 g/mol. The van der Waals surface area contributed by atoms with Crippen molar-refractivity contribution in [2.75, 3.05) is 19.7 Å². The SMILES string of the molecule is Cc1ccc(C(C)C)cc1OCCC[NH+]1CCCC[C@H]1c1cccnc1. The number of piperidine rings is 1. The summed E-state index contributed by atoms with van der Waals surface area (Å²) in [7, 11) is 0. The summed E-state index contributed by atoms with van der Waals surface area (Å²) in [6.07, 6.45) is 8.96. The van der Waals surface area contributed by atoms with E-state index in [0.29, 0.717) is 12.0 Å². The molecule has 0 bridgehead atoms. The van der Waals surface area contributed by atoms with Crippen LogP contribution < -0.4 is 9.64 Å². The number of ether oxygens (including phenoxy) is 1. The third kappa shape index (κ3) is 4.85. The lowest BCUT2D eigenvalue weighted by Gasteiger charge is -2.32. The third-order valence-corrected chi connectivity index (χ3v) is 5.60. The Labute approximate surface area is 158 Å². The second-order valence-electron chi connectivity index (χ2n) is 7.87. The molecule has 2 heterocycles. The van der Waals surface area contributed by atoms with E-state index < -0.39 is 0 Å². The predicted octanol–water partition coefficient (Wildman–Crippen LogP) is 4.09. The van der Waals surface area contributed by atoms with E-state index in [2.05, 4.69) is 56.1 Å². The van der Waals surface area contributed by atoms with Crippen molar-refractivity contribution in [3.63, 3.8) is 0 Å². The Morgan fingerprint density at radius 3 is 2.88 bits per heavy atom. The van der Waals surface area contributed by atoms with Crippen LogP contribution in [0, 0.1) is 6.92 Å². The highest BCUT2D eigenvalue weighted by atomic mass is 16.5. The molecule has 1 aromatic carbocycles. The Morgan fingerprint density at radius 1 is 1.23 bits per heavy atom. The van der Waals surface area contributed by atoms with Gasteiger partial charge in [-0.25, -0.2) is 0 Å². The maximum Gasteiger partial charge on any atom is 0.122 e. The van der Waals surface area contributed by atoms with Crippen LogP contribution in [0.3, 0.4) is 0 Å². The molecule has 26 heavy (non-hydrogen) atoms. The topological polar surface area (TPSA) is 26.6 Å². The summed E-state index contributed by atoms with van der Waals surface area (Å²) in [6.45, 7) is 9.82. The van der Waals surface area contributed by atoms with Crippen molar-refractivity contribution in [1.82, 2.24) is 4.98 Å². The Kier molecular flexibility index (Phi) is 6.67. The predicted molar refractivity (Wildman–Crippen MR) is 107 cm³/mol. The summed E-state index contributed by atoms with van der Waals surface area (Å²) in [6, 6.07) is 11.5. The van der Waals surface area contributed by atoms with Gasteiger partial charge in [-0.15, -0.1) is 0 Å². The Bertz CT molecular complexity index is 684. The number of pyridine rings is 1. The molecule has 0 spiro atoms. The number of rotatable bonds is 7. The Hall–Kier alpha value is -1.87. The summed E-state index contributed by atoms with van der Waals surface area (Å²) in [5.74, 6) is 1.59. The molecule has 1 unspecified atom stereocenters. The van der Waals surface area contributed by atoms with Crippen molar-refractivity contribution < 1.29 is 9.64 Å². The van der Waals surface area contributed by atoms with Gasteiger partial charge in [-0.2, -0.15) is 0 Å². The second-order valence-corrected chi connectivity index (χ2v) is 7.87. The first-order valence-electron chi connectivity index (χ1n) is 10.1. The van der Waals surface area contributed by atoms with Crippen molar-refractivity contribution in [1.29, 1.82) is 0 Å². The fourth-order valence-corrected chi connectivity index (χ4v) is 3.98. The summed E-state index contributed by atoms with van der Waals surface area (Å²) in [5, 5.41) is 0. The smallest absolute Gasteiger partial charge is 0.122 e. The first kappa shape index (κ1) is 18.9. The third-order valence-electron chi connectivity index (χ3n) is 5.60. The van der Waals surface area contributed by atoms with Crippen LogP contribution in [0.1, 0.15) is 68.2 Å². The van der Waals surface area contributed by atoms with Gasteiger partial charge in [0.2, 0.25) is 0 Å². The molecule has 1 aliphatic heterocycles. The highest BCUT2D eigenvalue weighted by Crippen LogP contribution is 2.24. The molecule has 1 N–H and O–H groups in total. The lowest BCUT2D eigenvalue weighted by Crippen LogP contribution is -3.13. The summed E-state index contributed by atoms with van der Waals surface area (Å²) in [4.78, 5) is 6.02. The summed E-state index contributed by atoms with van der Waals surface area (Å²) >= 11 is 0. The molecule has 0 saturated carbocycles. The van der Waals surface area contributed by atoms with Gasteiger partial charge in [-0.1, -0.05) is 32.0 Å². The van der Waals surface area contributed by atoms with Crippen molar-refractivity contribution in [2.45, 2.75) is 58.4 Å². The average Bonchev–Trinajstić information content (AvgIpc) is 2.67. The number of aryl methyl sites for hydroxylation is 1. The van der Waals surface area contributed by atoms with Crippen LogP contribution in [-0.4, -0.2) is 24.7 Å². The van der Waals surface area contributed by atoms with Gasteiger partial charge in [0.15, 0.2) is 0 Å². The van der Waals surface area contributed by atoms with Crippen LogP contribution >= 0.6 is 0 Å². The minimum absolute atomic E-state index is 0.538. The molecular formula is C23H33N2O+. The van der Waals surface area contributed by atoms with Crippen molar-refractivity contribution in [3.8, 4) is 5.75 Å². The van der Waals surface area contributed by atoms with Crippen LogP contribution in [-0.2, 0) is 0 Å². The number of aromatic nitrogens is 1. The molecule has 2 atom stereocenters. The van der Waals surface area contributed by atoms with Crippen molar-refractivity contribution in [2.24, 2.45) is 0 Å². The molecule has 1 aliphatic rings. The van der Waals surface area contributed by atoms with E-state index in [1.807, 2.05) is 12.4 Å². The van der Waals surface area contributed by atoms with Crippen LogP contribution in [0.5, 0.6) is 5.75 Å². The van der Waals surface area contributed by atoms with Gasteiger partial charge in [0.05, 0.1) is 19.7 Å².